The average molecular weight is 405 g/mol. The highest BCUT2D eigenvalue weighted by atomic mass is 35.5. The molecule has 0 radical (unpaired) electrons. The number of halogens is 2. The molecule has 2 aliphatic rings. The number of amides is 2. The molecule has 5 nitrogen and oxygen atoms in total. The zero-order chi connectivity index (χ0) is 19.0. The van der Waals surface area contributed by atoms with Crippen LogP contribution in [0.4, 0.5) is 5.69 Å². The van der Waals surface area contributed by atoms with Crippen LogP contribution in [0.5, 0.6) is 5.75 Å². The average Bonchev–Trinajstić information content (AvgIpc) is 3.30. The lowest BCUT2D eigenvalue weighted by Gasteiger charge is -2.26. The van der Waals surface area contributed by atoms with Crippen LogP contribution >= 0.6 is 23.2 Å². The van der Waals surface area contributed by atoms with Gasteiger partial charge in [-0.2, -0.15) is 0 Å². The first-order valence-corrected chi connectivity index (χ1v) is 9.59. The highest BCUT2D eigenvalue weighted by Gasteiger charge is 2.40. The lowest BCUT2D eigenvalue weighted by Crippen LogP contribution is -2.48. The van der Waals surface area contributed by atoms with Gasteiger partial charge < -0.3 is 15.0 Å². The number of carbonyl (C=O) groups excluding carboxylic acids is 2. The molecule has 4 rings (SSSR count). The van der Waals surface area contributed by atoms with Gasteiger partial charge in [0.1, 0.15) is 11.8 Å². The zero-order valence-electron chi connectivity index (χ0n) is 14.5. The lowest BCUT2D eigenvalue weighted by atomic mass is 10.1. The van der Waals surface area contributed by atoms with Crippen molar-refractivity contribution in [1.29, 1.82) is 0 Å². The second-order valence-electron chi connectivity index (χ2n) is 6.72. The van der Waals surface area contributed by atoms with Crippen LogP contribution < -0.4 is 10.1 Å². The van der Waals surface area contributed by atoms with Crippen LogP contribution in [0.1, 0.15) is 18.4 Å². The minimum Gasteiger partial charge on any atom is -0.480 e. The Morgan fingerprint density at radius 3 is 2.78 bits per heavy atom. The maximum atomic E-state index is 13.0. The van der Waals surface area contributed by atoms with Gasteiger partial charge in [-0.1, -0.05) is 41.4 Å². The summed E-state index contributed by atoms with van der Waals surface area (Å²) < 4.78 is 5.80. The molecule has 7 heteroatoms. The second-order valence-corrected chi connectivity index (χ2v) is 7.57. The molecule has 2 amide bonds. The van der Waals surface area contributed by atoms with E-state index in [1.807, 2.05) is 24.3 Å². The summed E-state index contributed by atoms with van der Waals surface area (Å²) in [6, 6.07) is 12.0. The van der Waals surface area contributed by atoms with E-state index in [-0.39, 0.29) is 11.8 Å². The van der Waals surface area contributed by atoms with Crippen LogP contribution in [-0.4, -0.2) is 35.4 Å². The molecule has 0 aromatic heterocycles. The molecule has 2 heterocycles. The molecule has 1 saturated heterocycles. The van der Waals surface area contributed by atoms with E-state index >= 15 is 0 Å². The molecule has 140 valence electrons. The number of nitrogens with zero attached hydrogens (tertiary/aromatic N) is 1. The first-order valence-electron chi connectivity index (χ1n) is 8.84. The summed E-state index contributed by atoms with van der Waals surface area (Å²) >= 11 is 12.1. The second kappa shape index (κ2) is 7.41. The summed E-state index contributed by atoms with van der Waals surface area (Å²) in [5.74, 6) is 0.323. The van der Waals surface area contributed by atoms with E-state index < -0.39 is 12.1 Å². The Labute approximate surface area is 167 Å². The predicted molar refractivity (Wildman–Crippen MR) is 104 cm³/mol. The van der Waals surface area contributed by atoms with E-state index in [2.05, 4.69) is 5.32 Å². The van der Waals surface area contributed by atoms with Crippen molar-refractivity contribution in [3.05, 3.63) is 58.1 Å². The van der Waals surface area contributed by atoms with Gasteiger partial charge in [-0.15, -0.1) is 0 Å². The molecule has 0 unspecified atom stereocenters. The topological polar surface area (TPSA) is 58.6 Å². The summed E-state index contributed by atoms with van der Waals surface area (Å²) in [6.07, 6.45) is 1.33. The molecule has 1 N–H and O–H groups in total. The van der Waals surface area contributed by atoms with Gasteiger partial charge in [0.15, 0.2) is 6.10 Å². The molecular weight excluding hydrogens is 387 g/mol. The number of carbonyl (C=O) groups is 2. The zero-order valence-corrected chi connectivity index (χ0v) is 16.0. The summed E-state index contributed by atoms with van der Waals surface area (Å²) in [7, 11) is 0. The maximum absolute atomic E-state index is 13.0. The van der Waals surface area contributed by atoms with Crippen LogP contribution in [-0.2, 0) is 16.0 Å². The third-order valence-electron chi connectivity index (χ3n) is 4.95. The van der Waals surface area contributed by atoms with E-state index in [4.69, 9.17) is 27.9 Å². The fourth-order valence-electron chi connectivity index (χ4n) is 3.62. The molecule has 0 aliphatic carbocycles. The van der Waals surface area contributed by atoms with Gasteiger partial charge in [-0.3, -0.25) is 9.59 Å². The molecule has 2 aliphatic heterocycles. The van der Waals surface area contributed by atoms with Crippen LogP contribution in [0.2, 0.25) is 10.0 Å². The Morgan fingerprint density at radius 2 is 1.96 bits per heavy atom. The van der Waals surface area contributed by atoms with Crippen LogP contribution in [0, 0.1) is 0 Å². The van der Waals surface area contributed by atoms with Crippen LogP contribution in [0.25, 0.3) is 0 Å². The Hall–Kier alpha value is -2.24. The minimum atomic E-state index is -0.578. The Balaban J connectivity index is 1.46. The van der Waals surface area contributed by atoms with E-state index in [1.54, 1.807) is 23.1 Å². The number of benzene rings is 2. The summed E-state index contributed by atoms with van der Waals surface area (Å²) in [5, 5.41) is 3.67. The molecule has 27 heavy (non-hydrogen) atoms. The quantitative estimate of drug-likeness (QED) is 0.842. The summed E-state index contributed by atoms with van der Waals surface area (Å²) in [4.78, 5) is 27.4. The highest BCUT2D eigenvalue weighted by molar-refractivity contribution is 6.35. The van der Waals surface area contributed by atoms with Crippen molar-refractivity contribution >= 4 is 40.7 Å². The Morgan fingerprint density at radius 1 is 1.15 bits per heavy atom. The fourth-order valence-corrected chi connectivity index (χ4v) is 3.95. The van der Waals surface area contributed by atoms with Gasteiger partial charge in [0.25, 0.3) is 5.91 Å². The number of fused-ring (bicyclic) bond motifs is 1. The van der Waals surface area contributed by atoms with E-state index in [1.165, 1.54) is 0 Å². The number of para-hydroxylation sites is 1. The van der Waals surface area contributed by atoms with E-state index in [0.29, 0.717) is 35.1 Å². The molecule has 2 aromatic rings. The third-order valence-corrected chi connectivity index (χ3v) is 5.51. The summed E-state index contributed by atoms with van der Waals surface area (Å²) in [5.41, 5.74) is 1.46. The number of anilines is 1. The highest BCUT2D eigenvalue weighted by Crippen LogP contribution is 2.31. The van der Waals surface area contributed by atoms with Crippen LogP contribution in [0.3, 0.4) is 0 Å². The van der Waals surface area contributed by atoms with Crippen molar-refractivity contribution in [1.82, 2.24) is 4.90 Å². The molecule has 2 atom stereocenters. The van der Waals surface area contributed by atoms with Crippen LogP contribution in [0.15, 0.2) is 42.5 Å². The van der Waals surface area contributed by atoms with E-state index in [0.717, 1.165) is 17.7 Å². The van der Waals surface area contributed by atoms with Gasteiger partial charge in [0.05, 0.1) is 10.7 Å². The molecular formula is C20H18Cl2N2O3. The van der Waals surface area contributed by atoms with Gasteiger partial charge >= 0.3 is 0 Å². The lowest BCUT2D eigenvalue weighted by molar-refractivity contribution is -0.142. The molecule has 2 aromatic carbocycles. The standard InChI is InChI=1S/C20H18Cl2N2O3/c21-13-7-8-14(22)15(11-13)23-19(25)16-5-3-9-24(16)20(26)18-10-12-4-1-2-6-17(12)27-18/h1-2,4,6-8,11,16,18H,3,5,9-10H2,(H,23,25)/t16-,18+/m1/s1. The summed E-state index contributed by atoms with van der Waals surface area (Å²) in [6.45, 7) is 0.538. The van der Waals surface area contributed by atoms with Gasteiger partial charge in [0.2, 0.25) is 5.91 Å². The number of hydrogen-bond acceptors (Lipinski definition) is 3. The SMILES string of the molecule is O=C(Nc1cc(Cl)ccc1Cl)[C@H]1CCCN1C(=O)[C@@H]1Cc2ccccc2O1. The van der Waals surface area contributed by atoms with Gasteiger partial charge in [-0.25, -0.2) is 0 Å². The number of ether oxygens (including phenoxy) is 1. The molecule has 1 fully saturated rings. The Bertz CT molecular complexity index is 878. The van der Waals surface area contributed by atoms with Crippen molar-refractivity contribution in [2.45, 2.75) is 31.4 Å². The number of nitrogens with one attached hydrogen (secondary N) is 1. The largest absolute Gasteiger partial charge is 0.480 e. The van der Waals surface area contributed by atoms with Gasteiger partial charge in [-0.05, 0) is 42.7 Å². The number of likely N-dealkylation sites (tertiary alicyclic amines) is 1. The van der Waals surface area contributed by atoms with Crippen molar-refractivity contribution in [2.75, 3.05) is 11.9 Å². The monoisotopic (exact) mass is 404 g/mol. The predicted octanol–water partition coefficient (Wildman–Crippen LogP) is 3.93. The van der Waals surface area contributed by atoms with Crippen molar-refractivity contribution in [2.24, 2.45) is 0 Å². The third kappa shape index (κ3) is 3.62. The van der Waals surface area contributed by atoms with Crippen molar-refractivity contribution in [3.63, 3.8) is 0 Å². The Kier molecular flexibility index (Phi) is 4.98. The first-order chi connectivity index (χ1) is 13.0. The maximum Gasteiger partial charge on any atom is 0.264 e. The molecule has 0 spiro atoms. The molecule has 0 saturated carbocycles. The van der Waals surface area contributed by atoms with Crippen molar-refractivity contribution in [3.8, 4) is 5.75 Å². The van der Waals surface area contributed by atoms with E-state index in [9.17, 15) is 9.59 Å². The fraction of sp³-hybridized carbons (Fsp3) is 0.300. The first kappa shape index (κ1) is 18.1. The van der Waals surface area contributed by atoms with Crippen molar-refractivity contribution < 1.29 is 14.3 Å². The number of hydrogen-bond donors (Lipinski definition) is 1. The smallest absolute Gasteiger partial charge is 0.264 e. The molecule has 0 bridgehead atoms. The number of rotatable bonds is 3. The van der Waals surface area contributed by atoms with Gasteiger partial charge in [0, 0.05) is 18.0 Å². The minimum absolute atomic E-state index is 0.152. The normalized spacial score (nSPS) is 20.9.